The topological polar surface area (TPSA) is 45.6 Å². The van der Waals surface area contributed by atoms with E-state index < -0.39 is 0 Å². The summed E-state index contributed by atoms with van der Waals surface area (Å²) in [7, 11) is 1.96. The number of carbonyl (C=O) groups is 2. The number of ketones is 1. The molecule has 0 N–H and O–H groups in total. The number of aromatic nitrogens is 1. The minimum absolute atomic E-state index is 0.145. The van der Waals surface area contributed by atoms with Gasteiger partial charge in [-0.25, -0.2) is 0 Å². The molecule has 2 heterocycles. The van der Waals surface area contributed by atoms with Crippen LogP contribution in [0, 0.1) is 0 Å². The van der Waals surface area contributed by atoms with Crippen LogP contribution in [0.1, 0.15) is 10.4 Å². The van der Waals surface area contributed by atoms with Gasteiger partial charge in [0.15, 0.2) is 5.78 Å². The Hall–Kier alpha value is -2.14. The standard InChI is InChI=1S/C16H19N3O2/c1-17-10-14(13-4-2-3-5-15(13)17)16(21)11-18-6-8-19(12-20)9-7-18/h2-5,10,12H,6-9,11H2,1H3. The molecular weight excluding hydrogens is 266 g/mol. The smallest absolute Gasteiger partial charge is 0.209 e. The lowest BCUT2D eigenvalue weighted by Crippen LogP contribution is -2.47. The van der Waals surface area contributed by atoms with Crippen molar-refractivity contribution in [3.8, 4) is 0 Å². The van der Waals surface area contributed by atoms with Gasteiger partial charge in [-0.05, 0) is 6.07 Å². The average Bonchev–Trinajstić information content (AvgIpc) is 2.86. The zero-order valence-electron chi connectivity index (χ0n) is 12.2. The van der Waals surface area contributed by atoms with E-state index in [1.54, 1.807) is 4.90 Å². The molecule has 0 bridgehead atoms. The number of para-hydroxylation sites is 1. The molecule has 1 aromatic carbocycles. The molecule has 1 aromatic heterocycles. The van der Waals surface area contributed by atoms with Gasteiger partial charge in [-0.15, -0.1) is 0 Å². The van der Waals surface area contributed by atoms with Gasteiger partial charge < -0.3 is 9.47 Å². The van der Waals surface area contributed by atoms with Crippen molar-refractivity contribution in [1.82, 2.24) is 14.4 Å². The molecular formula is C16H19N3O2. The normalized spacial score (nSPS) is 16.3. The van der Waals surface area contributed by atoms with Gasteiger partial charge in [-0.1, -0.05) is 18.2 Å². The van der Waals surface area contributed by atoms with E-state index in [2.05, 4.69) is 4.90 Å². The molecule has 0 aliphatic carbocycles. The van der Waals surface area contributed by atoms with Crippen molar-refractivity contribution in [1.29, 1.82) is 0 Å². The Morgan fingerprint density at radius 2 is 1.90 bits per heavy atom. The Labute approximate surface area is 123 Å². The van der Waals surface area contributed by atoms with E-state index in [-0.39, 0.29) is 5.78 Å². The van der Waals surface area contributed by atoms with Crippen LogP contribution in [-0.4, -0.2) is 59.3 Å². The molecule has 0 atom stereocenters. The van der Waals surface area contributed by atoms with Crippen LogP contribution in [-0.2, 0) is 11.8 Å². The number of nitrogens with zero attached hydrogens (tertiary/aromatic N) is 3. The summed E-state index contributed by atoms with van der Waals surface area (Å²) in [5.41, 5.74) is 1.86. The van der Waals surface area contributed by atoms with E-state index in [9.17, 15) is 9.59 Å². The third-order valence-electron chi connectivity index (χ3n) is 4.12. The number of rotatable bonds is 4. The highest BCUT2D eigenvalue weighted by atomic mass is 16.1. The molecule has 0 unspecified atom stereocenters. The molecule has 1 saturated heterocycles. The first kappa shape index (κ1) is 13.8. The van der Waals surface area contributed by atoms with Crippen molar-refractivity contribution in [2.24, 2.45) is 7.05 Å². The summed E-state index contributed by atoms with van der Waals surface area (Å²) in [5, 5.41) is 1.01. The molecule has 1 amide bonds. The lowest BCUT2D eigenvalue weighted by molar-refractivity contribution is -0.119. The number of benzene rings is 1. The fourth-order valence-corrected chi connectivity index (χ4v) is 2.88. The average molecular weight is 285 g/mol. The third kappa shape index (κ3) is 2.69. The SMILES string of the molecule is Cn1cc(C(=O)CN2CCN(C=O)CC2)c2ccccc21. The summed E-state index contributed by atoms with van der Waals surface area (Å²) < 4.78 is 1.99. The summed E-state index contributed by atoms with van der Waals surface area (Å²) in [4.78, 5) is 27.1. The minimum Gasteiger partial charge on any atom is -0.350 e. The van der Waals surface area contributed by atoms with E-state index in [0.717, 1.165) is 36.0 Å². The monoisotopic (exact) mass is 285 g/mol. The van der Waals surface area contributed by atoms with Gasteiger partial charge in [-0.3, -0.25) is 14.5 Å². The highest BCUT2D eigenvalue weighted by molar-refractivity contribution is 6.09. The molecule has 1 aliphatic heterocycles. The molecule has 0 saturated carbocycles. The fourth-order valence-electron chi connectivity index (χ4n) is 2.88. The molecule has 5 nitrogen and oxygen atoms in total. The van der Waals surface area contributed by atoms with Gasteiger partial charge in [0.1, 0.15) is 0 Å². The van der Waals surface area contributed by atoms with Crippen LogP contribution in [0.4, 0.5) is 0 Å². The second-order valence-corrected chi connectivity index (χ2v) is 5.51. The maximum absolute atomic E-state index is 12.6. The van der Waals surface area contributed by atoms with Crippen LogP contribution in [0.25, 0.3) is 10.9 Å². The Kier molecular flexibility index (Phi) is 3.75. The number of amides is 1. The first-order valence-electron chi connectivity index (χ1n) is 7.18. The largest absolute Gasteiger partial charge is 0.350 e. The van der Waals surface area contributed by atoms with Crippen LogP contribution in [0.5, 0.6) is 0 Å². The van der Waals surface area contributed by atoms with Crippen molar-refractivity contribution in [2.75, 3.05) is 32.7 Å². The fraction of sp³-hybridized carbons (Fsp3) is 0.375. The third-order valence-corrected chi connectivity index (χ3v) is 4.12. The predicted octanol–water partition coefficient (Wildman–Crippen LogP) is 1.14. The molecule has 0 spiro atoms. The van der Waals surface area contributed by atoms with Gasteiger partial charge in [-0.2, -0.15) is 0 Å². The predicted molar refractivity (Wildman–Crippen MR) is 81.3 cm³/mol. The van der Waals surface area contributed by atoms with Gasteiger partial charge in [0.05, 0.1) is 6.54 Å². The second-order valence-electron chi connectivity index (χ2n) is 5.51. The zero-order chi connectivity index (χ0) is 14.8. The van der Waals surface area contributed by atoms with Crippen LogP contribution >= 0.6 is 0 Å². The molecule has 2 aromatic rings. The Morgan fingerprint density at radius 3 is 2.62 bits per heavy atom. The number of hydrogen-bond donors (Lipinski definition) is 0. The van der Waals surface area contributed by atoms with E-state index in [0.29, 0.717) is 19.6 Å². The number of hydrogen-bond acceptors (Lipinski definition) is 3. The summed E-state index contributed by atoms with van der Waals surface area (Å²) in [6, 6.07) is 7.96. The van der Waals surface area contributed by atoms with Crippen LogP contribution < -0.4 is 0 Å². The first-order chi connectivity index (χ1) is 10.2. The van der Waals surface area contributed by atoms with Crippen LogP contribution in [0.3, 0.4) is 0 Å². The number of fused-ring (bicyclic) bond motifs is 1. The molecule has 21 heavy (non-hydrogen) atoms. The molecule has 3 rings (SSSR count). The van der Waals surface area contributed by atoms with Gasteiger partial charge in [0.25, 0.3) is 0 Å². The van der Waals surface area contributed by atoms with Crippen molar-refractivity contribution in [2.45, 2.75) is 0 Å². The molecule has 1 fully saturated rings. The van der Waals surface area contributed by atoms with E-state index in [1.807, 2.05) is 42.1 Å². The number of carbonyl (C=O) groups excluding carboxylic acids is 2. The van der Waals surface area contributed by atoms with Crippen molar-refractivity contribution in [3.63, 3.8) is 0 Å². The minimum atomic E-state index is 0.145. The maximum atomic E-state index is 12.6. The number of aryl methyl sites for hydroxylation is 1. The van der Waals surface area contributed by atoms with Crippen LogP contribution in [0.15, 0.2) is 30.5 Å². The van der Waals surface area contributed by atoms with Gasteiger partial charge in [0.2, 0.25) is 6.41 Å². The number of Topliss-reactive ketones (excluding diaryl/α,β-unsaturated/α-hetero) is 1. The summed E-state index contributed by atoms with van der Waals surface area (Å²) in [6.07, 6.45) is 2.79. The molecule has 110 valence electrons. The van der Waals surface area contributed by atoms with Gasteiger partial charge >= 0.3 is 0 Å². The van der Waals surface area contributed by atoms with Gasteiger partial charge in [0, 0.05) is 55.9 Å². The van der Waals surface area contributed by atoms with Crippen LogP contribution in [0.2, 0.25) is 0 Å². The van der Waals surface area contributed by atoms with E-state index in [1.165, 1.54) is 0 Å². The van der Waals surface area contributed by atoms with E-state index >= 15 is 0 Å². The first-order valence-corrected chi connectivity index (χ1v) is 7.18. The highest BCUT2D eigenvalue weighted by Crippen LogP contribution is 2.21. The second kappa shape index (κ2) is 5.69. The summed E-state index contributed by atoms with van der Waals surface area (Å²) in [6.45, 7) is 3.34. The molecule has 1 aliphatic rings. The summed E-state index contributed by atoms with van der Waals surface area (Å²) >= 11 is 0. The Morgan fingerprint density at radius 1 is 1.19 bits per heavy atom. The summed E-state index contributed by atoms with van der Waals surface area (Å²) in [5.74, 6) is 0.145. The maximum Gasteiger partial charge on any atom is 0.209 e. The zero-order valence-corrected chi connectivity index (χ0v) is 12.2. The van der Waals surface area contributed by atoms with Crippen molar-refractivity contribution >= 4 is 23.1 Å². The van der Waals surface area contributed by atoms with Crippen molar-refractivity contribution < 1.29 is 9.59 Å². The van der Waals surface area contributed by atoms with E-state index in [4.69, 9.17) is 0 Å². The lowest BCUT2D eigenvalue weighted by atomic mass is 10.1. The number of piperazine rings is 1. The highest BCUT2D eigenvalue weighted by Gasteiger charge is 2.20. The lowest BCUT2D eigenvalue weighted by Gasteiger charge is -2.31. The molecule has 5 heteroatoms. The van der Waals surface area contributed by atoms with Crippen molar-refractivity contribution in [3.05, 3.63) is 36.0 Å². The quantitative estimate of drug-likeness (QED) is 0.625. The Balaban J connectivity index is 1.74. The molecule has 0 radical (unpaired) electrons. The Bertz CT molecular complexity index is 669.